The fourth-order valence-corrected chi connectivity index (χ4v) is 2.93. The number of benzene rings is 1. The van der Waals surface area contributed by atoms with Crippen LogP contribution in [0.3, 0.4) is 0 Å². The second kappa shape index (κ2) is 6.77. The monoisotopic (exact) mass is 333 g/mol. The van der Waals surface area contributed by atoms with Crippen molar-refractivity contribution in [2.75, 3.05) is 19.9 Å². The second-order valence-electron chi connectivity index (χ2n) is 5.72. The standard InChI is InChI=1S/C16H19N3O5/c17-15(21)11-2-1-7-19(11)14(20)5-6-18-16(22)10-3-4-12-13(8-10)24-9-23-12/h3-4,8,11H,1-2,5-7,9H2,(H2,17,21)(H,18,22). The maximum absolute atomic E-state index is 12.2. The van der Waals surface area contributed by atoms with Gasteiger partial charge in [-0.2, -0.15) is 0 Å². The van der Waals surface area contributed by atoms with Gasteiger partial charge < -0.3 is 25.4 Å². The molecule has 0 aliphatic carbocycles. The largest absolute Gasteiger partial charge is 0.454 e. The Kier molecular flexibility index (Phi) is 4.54. The summed E-state index contributed by atoms with van der Waals surface area (Å²) in [7, 11) is 0. The number of nitrogens with one attached hydrogen (secondary N) is 1. The van der Waals surface area contributed by atoms with E-state index in [1.165, 1.54) is 4.90 Å². The van der Waals surface area contributed by atoms with Crippen LogP contribution in [0.25, 0.3) is 0 Å². The molecule has 8 nitrogen and oxygen atoms in total. The van der Waals surface area contributed by atoms with E-state index in [1.807, 2.05) is 0 Å². The third kappa shape index (κ3) is 3.27. The fraction of sp³-hybridized carbons (Fsp3) is 0.438. The third-order valence-corrected chi connectivity index (χ3v) is 4.16. The van der Waals surface area contributed by atoms with Crippen molar-refractivity contribution in [1.29, 1.82) is 0 Å². The van der Waals surface area contributed by atoms with E-state index in [0.29, 0.717) is 30.0 Å². The number of fused-ring (bicyclic) bond motifs is 1. The van der Waals surface area contributed by atoms with E-state index in [4.69, 9.17) is 15.2 Å². The molecule has 3 amide bonds. The van der Waals surface area contributed by atoms with Crippen LogP contribution in [0, 0.1) is 0 Å². The van der Waals surface area contributed by atoms with Crippen LogP contribution in [-0.4, -0.2) is 48.5 Å². The first-order valence-electron chi connectivity index (χ1n) is 7.83. The van der Waals surface area contributed by atoms with Gasteiger partial charge in [0.1, 0.15) is 6.04 Å². The molecule has 3 N–H and O–H groups in total. The molecule has 3 rings (SSSR count). The fourth-order valence-electron chi connectivity index (χ4n) is 2.93. The number of nitrogens with two attached hydrogens (primary N) is 1. The smallest absolute Gasteiger partial charge is 0.251 e. The molecule has 2 heterocycles. The van der Waals surface area contributed by atoms with E-state index in [-0.39, 0.29) is 31.6 Å². The number of primary amides is 1. The average molecular weight is 333 g/mol. The van der Waals surface area contributed by atoms with E-state index in [1.54, 1.807) is 18.2 Å². The van der Waals surface area contributed by atoms with Crippen molar-refractivity contribution >= 4 is 17.7 Å². The topological polar surface area (TPSA) is 111 Å². The Morgan fingerprint density at radius 2 is 2.04 bits per heavy atom. The summed E-state index contributed by atoms with van der Waals surface area (Å²) in [6.07, 6.45) is 1.49. The number of hydrogen-bond donors (Lipinski definition) is 2. The Bertz CT molecular complexity index is 676. The lowest BCUT2D eigenvalue weighted by molar-refractivity contribution is -0.137. The molecule has 2 aliphatic rings. The van der Waals surface area contributed by atoms with Crippen molar-refractivity contribution in [3.05, 3.63) is 23.8 Å². The number of rotatable bonds is 5. The first kappa shape index (κ1) is 16.1. The zero-order chi connectivity index (χ0) is 17.1. The molecule has 1 aromatic rings. The molecular formula is C16H19N3O5. The van der Waals surface area contributed by atoms with Gasteiger partial charge in [-0.25, -0.2) is 0 Å². The molecule has 0 saturated carbocycles. The Labute approximate surface area is 138 Å². The highest BCUT2D eigenvalue weighted by atomic mass is 16.7. The number of ether oxygens (including phenoxy) is 2. The highest BCUT2D eigenvalue weighted by Crippen LogP contribution is 2.32. The van der Waals surface area contributed by atoms with E-state index in [0.717, 1.165) is 6.42 Å². The number of amides is 3. The SMILES string of the molecule is NC(=O)C1CCCN1C(=O)CCNC(=O)c1ccc2c(c1)OCO2. The molecule has 8 heteroatoms. The molecule has 1 aromatic carbocycles. The first-order chi connectivity index (χ1) is 11.6. The molecule has 0 radical (unpaired) electrons. The van der Waals surface area contributed by atoms with Crippen LogP contribution in [0.2, 0.25) is 0 Å². The molecule has 2 aliphatic heterocycles. The van der Waals surface area contributed by atoms with Crippen LogP contribution in [-0.2, 0) is 9.59 Å². The van der Waals surface area contributed by atoms with Crippen molar-refractivity contribution in [3.8, 4) is 11.5 Å². The maximum Gasteiger partial charge on any atom is 0.251 e. The normalized spacial score (nSPS) is 18.5. The molecule has 0 spiro atoms. The van der Waals surface area contributed by atoms with Gasteiger partial charge >= 0.3 is 0 Å². The van der Waals surface area contributed by atoms with E-state index >= 15 is 0 Å². The Hall–Kier alpha value is -2.77. The van der Waals surface area contributed by atoms with Gasteiger partial charge in [0.05, 0.1) is 0 Å². The molecule has 128 valence electrons. The van der Waals surface area contributed by atoms with Crippen molar-refractivity contribution in [2.45, 2.75) is 25.3 Å². The lowest BCUT2D eigenvalue weighted by Crippen LogP contribution is -2.44. The highest BCUT2D eigenvalue weighted by molar-refractivity contribution is 5.95. The number of likely N-dealkylation sites (tertiary alicyclic amines) is 1. The van der Waals surface area contributed by atoms with Crippen LogP contribution in [0.4, 0.5) is 0 Å². The minimum absolute atomic E-state index is 0.125. The minimum Gasteiger partial charge on any atom is -0.454 e. The zero-order valence-corrected chi connectivity index (χ0v) is 13.1. The summed E-state index contributed by atoms with van der Waals surface area (Å²) in [4.78, 5) is 37.1. The summed E-state index contributed by atoms with van der Waals surface area (Å²) in [6.45, 7) is 0.864. The average Bonchev–Trinajstić information content (AvgIpc) is 3.22. The van der Waals surface area contributed by atoms with Crippen LogP contribution in [0.5, 0.6) is 11.5 Å². The molecule has 0 bridgehead atoms. The summed E-state index contributed by atoms with van der Waals surface area (Å²) in [5.74, 6) is 0.176. The number of carbonyl (C=O) groups excluding carboxylic acids is 3. The Balaban J connectivity index is 1.50. The van der Waals surface area contributed by atoms with E-state index in [2.05, 4.69) is 5.32 Å². The quantitative estimate of drug-likeness (QED) is 0.788. The van der Waals surface area contributed by atoms with Gasteiger partial charge in [0.2, 0.25) is 18.6 Å². The van der Waals surface area contributed by atoms with Gasteiger partial charge in [-0.15, -0.1) is 0 Å². The summed E-state index contributed by atoms with van der Waals surface area (Å²) >= 11 is 0. The van der Waals surface area contributed by atoms with Gasteiger partial charge in [-0.3, -0.25) is 14.4 Å². The van der Waals surface area contributed by atoms with Crippen LogP contribution in [0.1, 0.15) is 29.6 Å². The summed E-state index contributed by atoms with van der Waals surface area (Å²) < 4.78 is 10.4. The van der Waals surface area contributed by atoms with Crippen molar-refractivity contribution in [1.82, 2.24) is 10.2 Å². The van der Waals surface area contributed by atoms with Crippen LogP contribution < -0.4 is 20.5 Å². The minimum atomic E-state index is -0.526. The van der Waals surface area contributed by atoms with E-state index < -0.39 is 11.9 Å². The molecule has 0 aromatic heterocycles. The van der Waals surface area contributed by atoms with Crippen molar-refractivity contribution in [2.24, 2.45) is 5.73 Å². The van der Waals surface area contributed by atoms with Gasteiger partial charge in [0, 0.05) is 25.1 Å². The number of nitrogens with zero attached hydrogens (tertiary/aromatic N) is 1. The van der Waals surface area contributed by atoms with Crippen LogP contribution >= 0.6 is 0 Å². The maximum atomic E-state index is 12.2. The predicted molar refractivity (Wildman–Crippen MR) is 83.4 cm³/mol. The molecule has 24 heavy (non-hydrogen) atoms. The molecule has 1 atom stereocenters. The number of carbonyl (C=O) groups is 3. The summed E-state index contributed by atoms with van der Waals surface area (Å²) in [5.41, 5.74) is 5.73. The second-order valence-corrected chi connectivity index (χ2v) is 5.72. The van der Waals surface area contributed by atoms with Crippen LogP contribution in [0.15, 0.2) is 18.2 Å². The summed E-state index contributed by atoms with van der Waals surface area (Å²) in [6, 6.07) is 4.38. The molecule has 1 fully saturated rings. The lowest BCUT2D eigenvalue weighted by Gasteiger charge is -2.22. The van der Waals surface area contributed by atoms with Crippen molar-refractivity contribution in [3.63, 3.8) is 0 Å². The van der Waals surface area contributed by atoms with Gasteiger partial charge in [-0.05, 0) is 31.0 Å². The zero-order valence-electron chi connectivity index (χ0n) is 13.1. The number of hydrogen-bond acceptors (Lipinski definition) is 5. The highest BCUT2D eigenvalue weighted by Gasteiger charge is 2.32. The molecule has 1 unspecified atom stereocenters. The third-order valence-electron chi connectivity index (χ3n) is 4.16. The molecular weight excluding hydrogens is 314 g/mol. The lowest BCUT2D eigenvalue weighted by atomic mass is 10.2. The van der Waals surface area contributed by atoms with Crippen molar-refractivity contribution < 1.29 is 23.9 Å². The van der Waals surface area contributed by atoms with Gasteiger partial charge in [-0.1, -0.05) is 0 Å². The van der Waals surface area contributed by atoms with Gasteiger partial charge in [0.15, 0.2) is 11.5 Å². The van der Waals surface area contributed by atoms with Gasteiger partial charge in [0.25, 0.3) is 5.91 Å². The Morgan fingerprint density at radius 3 is 2.83 bits per heavy atom. The first-order valence-corrected chi connectivity index (χ1v) is 7.83. The Morgan fingerprint density at radius 1 is 1.25 bits per heavy atom. The molecule has 1 saturated heterocycles. The van der Waals surface area contributed by atoms with E-state index in [9.17, 15) is 14.4 Å². The summed E-state index contributed by atoms with van der Waals surface area (Å²) in [5, 5.41) is 2.69. The predicted octanol–water partition coefficient (Wildman–Crippen LogP) is 0.0115.